The molecule has 0 bridgehead atoms. The van der Waals surface area contributed by atoms with Gasteiger partial charge in [0.1, 0.15) is 0 Å². The number of hydrogen-bond donors (Lipinski definition) is 1. The van der Waals surface area contributed by atoms with Gasteiger partial charge in [-0.15, -0.1) is 0 Å². The zero-order chi connectivity index (χ0) is 22.6. The third-order valence-electron chi connectivity index (χ3n) is 4.82. The van der Waals surface area contributed by atoms with Gasteiger partial charge in [0, 0.05) is 36.8 Å². The number of amides is 1. The molecule has 2 aromatic rings. The Balaban J connectivity index is 1.58. The van der Waals surface area contributed by atoms with Crippen molar-refractivity contribution in [3.63, 3.8) is 0 Å². The highest BCUT2D eigenvalue weighted by atomic mass is 32.2. The lowest BCUT2D eigenvalue weighted by Crippen LogP contribution is -2.41. The number of carbonyl (C=O) groups is 2. The van der Waals surface area contributed by atoms with Gasteiger partial charge in [-0.1, -0.05) is 0 Å². The molecule has 12 heteroatoms. The van der Waals surface area contributed by atoms with Gasteiger partial charge in [0.05, 0.1) is 11.5 Å². The smallest absolute Gasteiger partial charge is 0.374 e. The van der Waals surface area contributed by atoms with Gasteiger partial charge in [0.15, 0.2) is 0 Å². The van der Waals surface area contributed by atoms with Gasteiger partial charge in [-0.25, -0.2) is 13.2 Å². The first-order valence-electron chi connectivity index (χ1n) is 9.54. The Labute approximate surface area is 178 Å². The molecule has 11 nitrogen and oxygen atoms in total. The number of esters is 1. The Morgan fingerprint density at radius 3 is 2.42 bits per heavy atom. The van der Waals surface area contributed by atoms with Crippen molar-refractivity contribution in [2.45, 2.75) is 24.9 Å². The molecular weight excluding hydrogens is 430 g/mol. The topological polar surface area (TPSA) is 149 Å². The molecule has 1 aliphatic heterocycles. The Hall–Kier alpha value is -3.25. The first kappa shape index (κ1) is 22.4. The van der Waals surface area contributed by atoms with Crippen molar-refractivity contribution >= 4 is 33.3 Å². The number of nitro groups is 1. The van der Waals surface area contributed by atoms with Crippen molar-refractivity contribution < 1.29 is 32.1 Å². The van der Waals surface area contributed by atoms with Crippen LogP contribution in [0, 0.1) is 16.0 Å². The number of benzene rings is 1. The standard InChI is InChI=1S/C19H21N3O8S/c1-2-29-19(24)16-7-8-17(30-16)31(27,28)21-11-9-13(10-12-21)18(23)20-14-3-5-15(6-4-14)22(25)26/h3-8,13H,2,9-12H2,1H3,(H,20,23). The lowest BCUT2D eigenvalue weighted by Gasteiger charge is -2.29. The van der Waals surface area contributed by atoms with Crippen molar-refractivity contribution in [1.82, 2.24) is 4.31 Å². The third kappa shape index (κ3) is 5.09. The third-order valence-corrected chi connectivity index (χ3v) is 6.60. The van der Waals surface area contributed by atoms with E-state index in [1.807, 2.05) is 0 Å². The number of carbonyl (C=O) groups excluding carboxylic acids is 2. The van der Waals surface area contributed by atoms with Gasteiger partial charge >= 0.3 is 5.97 Å². The van der Waals surface area contributed by atoms with Crippen molar-refractivity contribution in [3.05, 3.63) is 52.3 Å². The van der Waals surface area contributed by atoms with E-state index in [0.29, 0.717) is 18.5 Å². The van der Waals surface area contributed by atoms with Gasteiger partial charge in [0.25, 0.3) is 15.7 Å². The molecule has 0 radical (unpaired) electrons. The van der Waals surface area contributed by atoms with E-state index in [0.717, 1.165) is 0 Å². The first-order valence-corrected chi connectivity index (χ1v) is 11.0. The van der Waals surface area contributed by atoms with Crippen LogP contribution in [0.15, 0.2) is 45.9 Å². The fraction of sp³-hybridized carbons (Fsp3) is 0.368. The highest BCUT2D eigenvalue weighted by Crippen LogP contribution is 2.26. The average Bonchev–Trinajstić information content (AvgIpc) is 3.26. The number of nitro benzene ring substituents is 1. The SMILES string of the molecule is CCOC(=O)c1ccc(S(=O)(=O)N2CCC(C(=O)Nc3ccc([N+](=O)[O-])cc3)CC2)o1. The molecule has 0 aliphatic carbocycles. The van der Waals surface area contributed by atoms with Crippen LogP contribution in [-0.4, -0.2) is 49.2 Å². The molecule has 31 heavy (non-hydrogen) atoms. The second-order valence-electron chi connectivity index (χ2n) is 6.81. The summed E-state index contributed by atoms with van der Waals surface area (Å²) in [7, 11) is -3.95. The predicted molar refractivity (Wildman–Crippen MR) is 108 cm³/mol. The highest BCUT2D eigenvalue weighted by Gasteiger charge is 2.34. The van der Waals surface area contributed by atoms with Crippen LogP contribution in [-0.2, 0) is 19.6 Å². The van der Waals surface area contributed by atoms with E-state index in [1.54, 1.807) is 6.92 Å². The zero-order valence-corrected chi connectivity index (χ0v) is 17.5. The number of hydrogen-bond acceptors (Lipinski definition) is 8. The maximum atomic E-state index is 12.8. The molecule has 1 aliphatic rings. The van der Waals surface area contributed by atoms with Gasteiger partial charge in [0.2, 0.25) is 16.8 Å². The molecule has 3 rings (SSSR count). The number of nitrogens with one attached hydrogen (secondary N) is 1. The minimum atomic E-state index is -3.95. The lowest BCUT2D eigenvalue weighted by molar-refractivity contribution is -0.384. The van der Waals surface area contributed by atoms with E-state index in [2.05, 4.69) is 5.32 Å². The molecule has 2 heterocycles. The fourth-order valence-corrected chi connectivity index (χ4v) is 4.55. The second kappa shape index (κ2) is 9.27. The minimum absolute atomic E-state index is 0.0828. The van der Waals surface area contributed by atoms with Crippen LogP contribution in [0.1, 0.15) is 30.3 Å². The molecule has 0 unspecified atom stereocenters. The summed E-state index contributed by atoms with van der Waals surface area (Å²) in [5.74, 6) is -1.63. The summed E-state index contributed by atoms with van der Waals surface area (Å²) in [6.07, 6.45) is 0.590. The van der Waals surface area contributed by atoms with Crippen LogP contribution in [0.4, 0.5) is 11.4 Å². The summed E-state index contributed by atoms with van der Waals surface area (Å²) < 4.78 is 36.7. The Bertz CT molecular complexity index is 1070. The van der Waals surface area contributed by atoms with Gasteiger partial charge < -0.3 is 14.5 Å². The molecule has 1 aromatic carbocycles. The molecule has 1 amide bonds. The van der Waals surface area contributed by atoms with E-state index in [1.165, 1.54) is 40.7 Å². The minimum Gasteiger partial charge on any atom is -0.460 e. The van der Waals surface area contributed by atoms with Gasteiger partial charge in [-0.3, -0.25) is 14.9 Å². The van der Waals surface area contributed by atoms with Crippen LogP contribution < -0.4 is 5.32 Å². The summed E-state index contributed by atoms with van der Waals surface area (Å²) in [6, 6.07) is 7.91. The molecule has 0 atom stereocenters. The molecule has 1 N–H and O–H groups in total. The number of piperidine rings is 1. The van der Waals surface area contributed by atoms with E-state index in [-0.39, 0.29) is 42.1 Å². The molecule has 166 valence electrons. The molecule has 1 saturated heterocycles. The molecule has 1 fully saturated rings. The summed E-state index contributed by atoms with van der Waals surface area (Å²) in [5.41, 5.74) is 0.341. The molecule has 1 aromatic heterocycles. The number of rotatable bonds is 7. The quantitative estimate of drug-likeness (QED) is 0.383. The Morgan fingerprint density at radius 2 is 1.84 bits per heavy atom. The lowest BCUT2D eigenvalue weighted by atomic mass is 9.97. The van der Waals surface area contributed by atoms with Crippen LogP contribution in [0.3, 0.4) is 0 Å². The largest absolute Gasteiger partial charge is 0.460 e. The normalized spacial score (nSPS) is 15.4. The number of sulfonamides is 1. The summed E-state index contributed by atoms with van der Waals surface area (Å²) in [5, 5.41) is 13.0. The number of ether oxygens (including phenoxy) is 1. The Morgan fingerprint density at radius 1 is 1.19 bits per heavy atom. The highest BCUT2D eigenvalue weighted by molar-refractivity contribution is 7.89. The fourth-order valence-electron chi connectivity index (χ4n) is 3.17. The van der Waals surface area contributed by atoms with Crippen LogP contribution in [0.5, 0.6) is 0 Å². The van der Waals surface area contributed by atoms with Crippen molar-refractivity contribution in [2.75, 3.05) is 25.0 Å². The van der Waals surface area contributed by atoms with Gasteiger partial charge in [-0.05, 0) is 44.0 Å². The second-order valence-corrected chi connectivity index (χ2v) is 8.68. The summed E-state index contributed by atoms with van der Waals surface area (Å²) in [6.45, 7) is 1.98. The number of non-ortho nitro benzene ring substituents is 1. The molecule has 0 spiro atoms. The number of furan rings is 1. The van der Waals surface area contributed by atoms with Crippen LogP contribution >= 0.6 is 0 Å². The number of nitrogens with zero attached hydrogens (tertiary/aromatic N) is 2. The van der Waals surface area contributed by atoms with Crippen molar-refractivity contribution in [3.8, 4) is 0 Å². The maximum absolute atomic E-state index is 12.8. The predicted octanol–water partition coefficient (Wildman–Crippen LogP) is 2.40. The van der Waals surface area contributed by atoms with Crippen LogP contribution in [0.2, 0.25) is 0 Å². The van der Waals surface area contributed by atoms with Crippen molar-refractivity contribution in [2.24, 2.45) is 5.92 Å². The van der Waals surface area contributed by atoms with E-state index in [9.17, 15) is 28.1 Å². The van der Waals surface area contributed by atoms with Crippen molar-refractivity contribution in [1.29, 1.82) is 0 Å². The van der Waals surface area contributed by atoms with E-state index in [4.69, 9.17) is 9.15 Å². The Kier molecular flexibility index (Phi) is 6.71. The summed E-state index contributed by atoms with van der Waals surface area (Å²) in [4.78, 5) is 34.3. The van der Waals surface area contributed by atoms with Gasteiger partial charge in [-0.2, -0.15) is 4.31 Å². The molecule has 0 saturated carbocycles. The van der Waals surface area contributed by atoms with Crippen LogP contribution in [0.25, 0.3) is 0 Å². The monoisotopic (exact) mass is 451 g/mol. The number of anilines is 1. The maximum Gasteiger partial charge on any atom is 0.374 e. The first-order chi connectivity index (χ1) is 14.7. The summed E-state index contributed by atoms with van der Waals surface area (Å²) >= 11 is 0. The molecular formula is C19H21N3O8S. The average molecular weight is 451 g/mol. The van der Waals surface area contributed by atoms with E-state index >= 15 is 0 Å². The zero-order valence-electron chi connectivity index (χ0n) is 16.6. The van der Waals surface area contributed by atoms with E-state index < -0.39 is 26.8 Å².